The van der Waals surface area contributed by atoms with Crippen LogP contribution in [0.5, 0.6) is 0 Å². The number of amides is 2. The molecule has 35 heavy (non-hydrogen) atoms. The molecule has 0 bridgehead atoms. The maximum absolute atomic E-state index is 12.6. The molecule has 2 amide bonds. The number of hydrogen-bond donors (Lipinski definition) is 2. The average molecular weight is 496 g/mol. The Morgan fingerprint density at radius 2 is 1.69 bits per heavy atom. The molecule has 1 fully saturated rings. The van der Waals surface area contributed by atoms with Gasteiger partial charge in [-0.2, -0.15) is 0 Å². The lowest BCUT2D eigenvalue weighted by molar-refractivity contribution is -0.127. The van der Waals surface area contributed by atoms with Crippen LogP contribution in [0, 0.1) is 0 Å². The van der Waals surface area contributed by atoms with Crippen molar-refractivity contribution >= 4 is 23.4 Å². The lowest BCUT2D eigenvalue weighted by Crippen LogP contribution is -2.52. The van der Waals surface area contributed by atoms with Gasteiger partial charge in [-0.05, 0) is 94.3 Å². The highest BCUT2D eigenvalue weighted by atomic mass is 35.5. The van der Waals surface area contributed by atoms with Gasteiger partial charge in [-0.15, -0.1) is 0 Å². The van der Waals surface area contributed by atoms with Crippen LogP contribution in [0.4, 0.5) is 0 Å². The summed E-state index contributed by atoms with van der Waals surface area (Å²) in [6.45, 7) is 0. The highest BCUT2D eigenvalue weighted by Crippen LogP contribution is 2.36. The Bertz CT molecular complexity index is 1030. The van der Waals surface area contributed by atoms with Crippen LogP contribution in [-0.4, -0.2) is 42.4 Å². The van der Waals surface area contributed by atoms with E-state index in [9.17, 15) is 9.59 Å². The standard InChI is InChI=1S/C29H38ClN3O2/c1-33(2)29(20-21-7-5-10-23(30)19-21)17-15-24(16-18-29)31-27(34)13-14-28(35)32-26-12-6-9-22-8-3-4-11-25(22)26/h3-5,7-8,10-11,19,24,26H,6,9,12-18,20H2,1-2H3,(H,31,34)(H,32,35). The molecule has 0 aromatic heterocycles. The highest BCUT2D eigenvalue weighted by molar-refractivity contribution is 6.30. The topological polar surface area (TPSA) is 61.4 Å². The van der Waals surface area contributed by atoms with E-state index in [2.05, 4.69) is 60.0 Å². The Kier molecular flexibility index (Phi) is 8.51. The lowest BCUT2D eigenvalue weighted by atomic mass is 9.75. The number of hydrogen-bond acceptors (Lipinski definition) is 3. The van der Waals surface area contributed by atoms with Crippen LogP contribution in [0.15, 0.2) is 48.5 Å². The van der Waals surface area contributed by atoms with Crippen molar-refractivity contribution in [3.63, 3.8) is 0 Å². The second-order valence-corrected chi connectivity index (χ2v) is 10.9. The second kappa shape index (κ2) is 11.6. The van der Waals surface area contributed by atoms with Gasteiger partial charge in [0.25, 0.3) is 0 Å². The van der Waals surface area contributed by atoms with Gasteiger partial charge < -0.3 is 15.5 Å². The maximum atomic E-state index is 12.6. The Hall–Kier alpha value is -2.37. The van der Waals surface area contributed by atoms with Crippen molar-refractivity contribution in [3.05, 3.63) is 70.2 Å². The SMILES string of the molecule is CN(C)C1(Cc2cccc(Cl)c2)CCC(NC(=O)CCC(=O)NC2CCCc3ccccc32)CC1. The Balaban J connectivity index is 1.23. The lowest BCUT2D eigenvalue weighted by Gasteiger charge is -2.45. The fraction of sp³-hybridized carbons (Fsp3) is 0.517. The second-order valence-electron chi connectivity index (χ2n) is 10.5. The van der Waals surface area contributed by atoms with E-state index in [0.29, 0.717) is 0 Å². The third kappa shape index (κ3) is 6.65. The third-order valence-electron chi connectivity index (χ3n) is 7.94. The summed E-state index contributed by atoms with van der Waals surface area (Å²) in [6, 6.07) is 16.7. The Morgan fingerprint density at radius 1 is 0.971 bits per heavy atom. The number of benzene rings is 2. The van der Waals surface area contributed by atoms with Gasteiger partial charge in [-0.25, -0.2) is 0 Å². The monoisotopic (exact) mass is 495 g/mol. The van der Waals surface area contributed by atoms with Crippen molar-refractivity contribution < 1.29 is 9.59 Å². The minimum Gasteiger partial charge on any atom is -0.353 e. The number of aryl methyl sites for hydroxylation is 1. The van der Waals surface area contributed by atoms with Crippen LogP contribution in [0.1, 0.15) is 74.1 Å². The van der Waals surface area contributed by atoms with E-state index in [1.807, 2.05) is 18.2 Å². The number of halogens is 1. The van der Waals surface area contributed by atoms with Gasteiger partial charge in [0.1, 0.15) is 0 Å². The zero-order chi connectivity index (χ0) is 24.8. The van der Waals surface area contributed by atoms with Crippen LogP contribution in [0.25, 0.3) is 0 Å². The van der Waals surface area contributed by atoms with Crippen molar-refractivity contribution in [3.8, 4) is 0 Å². The summed E-state index contributed by atoms with van der Waals surface area (Å²) in [6.07, 6.45) is 8.43. The number of fused-ring (bicyclic) bond motifs is 1. The first-order valence-corrected chi connectivity index (χ1v) is 13.3. The van der Waals surface area contributed by atoms with E-state index in [-0.39, 0.29) is 42.3 Å². The van der Waals surface area contributed by atoms with E-state index in [4.69, 9.17) is 11.6 Å². The van der Waals surface area contributed by atoms with Crippen LogP contribution >= 0.6 is 11.6 Å². The fourth-order valence-electron chi connectivity index (χ4n) is 5.81. The summed E-state index contributed by atoms with van der Waals surface area (Å²) in [5.74, 6) is -0.0694. The molecule has 1 unspecified atom stereocenters. The molecule has 188 valence electrons. The number of nitrogens with one attached hydrogen (secondary N) is 2. The summed E-state index contributed by atoms with van der Waals surface area (Å²) < 4.78 is 0. The Labute approximate surface area is 214 Å². The molecule has 4 rings (SSSR count). The molecule has 2 aliphatic carbocycles. The molecule has 2 aromatic carbocycles. The van der Waals surface area contributed by atoms with Crippen LogP contribution in [-0.2, 0) is 22.4 Å². The van der Waals surface area contributed by atoms with Crippen molar-refractivity contribution in [1.82, 2.24) is 15.5 Å². The predicted molar refractivity (Wildman–Crippen MR) is 141 cm³/mol. The summed E-state index contributed by atoms with van der Waals surface area (Å²) >= 11 is 6.21. The number of likely N-dealkylation sites (N-methyl/N-ethyl adjacent to an activating group) is 1. The Morgan fingerprint density at radius 3 is 2.40 bits per heavy atom. The van der Waals surface area contributed by atoms with Gasteiger partial charge >= 0.3 is 0 Å². The van der Waals surface area contributed by atoms with E-state index in [1.54, 1.807) is 0 Å². The third-order valence-corrected chi connectivity index (χ3v) is 8.17. The summed E-state index contributed by atoms with van der Waals surface area (Å²) in [7, 11) is 4.29. The smallest absolute Gasteiger partial charge is 0.220 e. The number of nitrogens with zero attached hydrogens (tertiary/aromatic N) is 1. The molecule has 1 atom stereocenters. The summed E-state index contributed by atoms with van der Waals surface area (Å²) in [4.78, 5) is 27.5. The normalized spacial score (nSPS) is 24.0. The number of carbonyl (C=O) groups is 2. The van der Waals surface area contributed by atoms with Crippen LogP contribution in [0.3, 0.4) is 0 Å². The van der Waals surface area contributed by atoms with Gasteiger partial charge in [0, 0.05) is 29.4 Å². The minimum atomic E-state index is -0.0429. The average Bonchev–Trinajstić information content (AvgIpc) is 2.84. The van der Waals surface area contributed by atoms with Gasteiger partial charge in [0.2, 0.25) is 11.8 Å². The molecular formula is C29H38ClN3O2. The summed E-state index contributed by atoms with van der Waals surface area (Å²) in [5.41, 5.74) is 3.87. The largest absolute Gasteiger partial charge is 0.353 e. The van der Waals surface area contributed by atoms with Crippen molar-refractivity contribution in [2.75, 3.05) is 14.1 Å². The molecule has 0 spiro atoms. The van der Waals surface area contributed by atoms with Crippen molar-refractivity contribution in [1.29, 1.82) is 0 Å². The van der Waals surface area contributed by atoms with E-state index >= 15 is 0 Å². The quantitative estimate of drug-likeness (QED) is 0.528. The molecular weight excluding hydrogens is 458 g/mol. The van der Waals surface area contributed by atoms with Gasteiger partial charge in [0.15, 0.2) is 0 Å². The van der Waals surface area contributed by atoms with E-state index < -0.39 is 0 Å². The fourth-order valence-corrected chi connectivity index (χ4v) is 6.02. The van der Waals surface area contributed by atoms with Crippen LogP contribution in [0.2, 0.25) is 5.02 Å². The zero-order valence-electron chi connectivity index (χ0n) is 21.0. The molecule has 1 saturated carbocycles. The van der Waals surface area contributed by atoms with Gasteiger partial charge in [-0.3, -0.25) is 9.59 Å². The van der Waals surface area contributed by atoms with Crippen molar-refractivity contribution in [2.24, 2.45) is 0 Å². The molecule has 0 aliphatic heterocycles. The van der Waals surface area contributed by atoms with E-state index in [0.717, 1.165) is 56.4 Å². The molecule has 0 radical (unpaired) electrons. The molecule has 0 saturated heterocycles. The first-order valence-electron chi connectivity index (χ1n) is 12.9. The van der Waals surface area contributed by atoms with E-state index in [1.165, 1.54) is 16.7 Å². The predicted octanol–water partition coefficient (Wildman–Crippen LogP) is 5.22. The molecule has 2 aromatic rings. The van der Waals surface area contributed by atoms with Crippen LogP contribution < -0.4 is 10.6 Å². The summed E-state index contributed by atoms with van der Waals surface area (Å²) in [5, 5.41) is 7.11. The van der Waals surface area contributed by atoms with Gasteiger partial charge in [0.05, 0.1) is 6.04 Å². The van der Waals surface area contributed by atoms with Crippen molar-refractivity contribution in [2.45, 2.75) is 81.8 Å². The minimum absolute atomic E-state index is 0.0265. The number of carbonyl (C=O) groups excluding carboxylic acids is 2. The first kappa shape index (κ1) is 25.7. The molecule has 6 heteroatoms. The first-order chi connectivity index (χ1) is 16.8. The molecule has 2 N–H and O–H groups in total. The maximum Gasteiger partial charge on any atom is 0.220 e. The molecule has 5 nitrogen and oxygen atoms in total. The number of rotatable bonds is 8. The zero-order valence-corrected chi connectivity index (χ0v) is 21.7. The molecule has 0 heterocycles. The van der Waals surface area contributed by atoms with Gasteiger partial charge in [-0.1, -0.05) is 48.0 Å². The highest BCUT2D eigenvalue weighted by Gasteiger charge is 2.37. The molecule has 2 aliphatic rings.